The number of methoxy groups -OCH3 is 1. The van der Waals surface area contributed by atoms with E-state index >= 15 is 0 Å². The molecule has 6 heteroatoms. The lowest BCUT2D eigenvalue weighted by atomic mass is 10.0. The predicted molar refractivity (Wildman–Crippen MR) is 108 cm³/mol. The maximum Gasteiger partial charge on any atom is 0.272 e. The van der Waals surface area contributed by atoms with Gasteiger partial charge < -0.3 is 9.64 Å². The Balaban J connectivity index is 1.55. The number of nitrogens with one attached hydrogen (secondary N) is 1. The van der Waals surface area contributed by atoms with Crippen molar-refractivity contribution in [3.8, 4) is 17.0 Å². The summed E-state index contributed by atoms with van der Waals surface area (Å²) in [5.74, 6) is 0.819. The molecule has 0 bridgehead atoms. The van der Waals surface area contributed by atoms with E-state index in [1.54, 1.807) is 7.11 Å². The molecule has 2 aromatic heterocycles. The van der Waals surface area contributed by atoms with Crippen molar-refractivity contribution in [1.82, 2.24) is 20.1 Å². The van der Waals surface area contributed by atoms with E-state index < -0.39 is 0 Å². The number of aryl methyl sites for hydroxylation is 2. The van der Waals surface area contributed by atoms with Crippen molar-refractivity contribution in [3.63, 3.8) is 0 Å². The number of H-pyrrole nitrogens is 1. The first-order valence-electron chi connectivity index (χ1n) is 9.50. The summed E-state index contributed by atoms with van der Waals surface area (Å²) >= 11 is 0. The van der Waals surface area contributed by atoms with E-state index in [-0.39, 0.29) is 5.91 Å². The third kappa shape index (κ3) is 3.50. The zero-order valence-electron chi connectivity index (χ0n) is 16.5. The zero-order chi connectivity index (χ0) is 19.7. The quantitative estimate of drug-likeness (QED) is 0.761. The van der Waals surface area contributed by atoms with E-state index in [2.05, 4.69) is 15.2 Å². The summed E-state index contributed by atoms with van der Waals surface area (Å²) in [6.07, 6.45) is 1.53. The molecule has 4 rings (SSSR count). The van der Waals surface area contributed by atoms with Crippen LogP contribution in [0.1, 0.15) is 33.0 Å². The van der Waals surface area contributed by atoms with Crippen molar-refractivity contribution in [2.45, 2.75) is 26.7 Å². The summed E-state index contributed by atoms with van der Waals surface area (Å²) in [5, 5.41) is 7.71. The molecule has 0 atom stereocenters. The number of ether oxygens (including phenoxy) is 1. The molecule has 6 nitrogen and oxygen atoms in total. The Bertz CT molecular complexity index is 988. The second-order valence-corrected chi connectivity index (χ2v) is 7.22. The molecule has 1 amide bonds. The van der Waals surface area contributed by atoms with Crippen LogP contribution < -0.4 is 4.74 Å². The number of hydrogen-bond donors (Lipinski definition) is 1. The van der Waals surface area contributed by atoms with Crippen LogP contribution in [0, 0.1) is 13.8 Å². The van der Waals surface area contributed by atoms with E-state index in [9.17, 15) is 4.79 Å². The molecule has 3 aromatic rings. The molecule has 0 saturated heterocycles. The summed E-state index contributed by atoms with van der Waals surface area (Å²) in [7, 11) is 1.66. The molecule has 0 fully saturated rings. The number of fused-ring (bicyclic) bond motifs is 1. The Labute approximate surface area is 164 Å². The lowest BCUT2D eigenvalue weighted by Gasteiger charge is -2.20. The van der Waals surface area contributed by atoms with Gasteiger partial charge in [-0.2, -0.15) is 5.10 Å². The molecule has 1 N–H and O–H groups in total. The lowest BCUT2D eigenvalue weighted by Crippen LogP contribution is -2.34. The SMILES string of the molecule is COc1ccc(-c2n[nH]c3c2CCN(C(=O)c2cc(C)cc(C)n2)CC3)cc1. The largest absolute Gasteiger partial charge is 0.497 e. The smallest absolute Gasteiger partial charge is 0.272 e. The number of aromatic amines is 1. The van der Waals surface area contributed by atoms with Crippen molar-refractivity contribution < 1.29 is 9.53 Å². The molecule has 144 valence electrons. The van der Waals surface area contributed by atoms with Crippen LogP contribution in [0.4, 0.5) is 0 Å². The van der Waals surface area contributed by atoms with Gasteiger partial charge in [-0.25, -0.2) is 4.98 Å². The fraction of sp³-hybridized carbons (Fsp3) is 0.318. The van der Waals surface area contributed by atoms with Crippen molar-refractivity contribution in [3.05, 3.63) is 64.6 Å². The minimum Gasteiger partial charge on any atom is -0.497 e. The van der Waals surface area contributed by atoms with Crippen LogP contribution in [0.15, 0.2) is 36.4 Å². The number of pyridine rings is 1. The van der Waals surface area contributed by atoms with Crippen LogP contribution in [0.2, 0.25) is 0 Å². The van der Waals surface area contributed by atoms with Gasteiger partial charge in [0.05, 0.1) is 12.8 Å². The number of benzene rings is 1. The molecule has 0 spiro atoms. The number of carbonyl (C=O) groups is 1. The fourth-order valence-electron chi connectivity index (χ4n) is 3.79. The van der Waals surface area contributed by atoms with Crippen LogP contribution in [-0.2, 0) is 12.8 Å². The minimum atomic E-state index is -0.00379. The normalized spacial score (nSPS) is 13.8. The standard InChI is InChI=1S/C22H24N4O2/c1-14-12-15(2)23-20(13-14)22(27)26-10-8-18-19(9-11-26)24-25-21(18)16-4-6-17(28-3)7-5-16/h4-7,12-13H,8-11H2,1-3H3,(H,24,25). The maximum absolute atomic E-state index is 13.0. The molecule has 0 saturated carbocycles. The molecule has 1 aliphatic rings. The number of hydrogen-bond acceptors (Lipinski definition) is 4. The second kappa shape index (κ2) is 7.46. The summed E-state index contributed by atoms with van der Waals surface area (Å²) < 4.78 is 5.24. The van der Waals surface area contributed by atoms with Gasteiger partial charge in [-0.05, 0) is 62.2 Å². The van der Waals surface area contributed by atoms with Gasteiger partial charge in [0.25, 0.3) is 5.91 Å². The zero-order valence-corrected chi connectivity index (χ0v) is 16.5. The monoisotopic (exact) mass is 376 g/mol. The third-order valence-electron chi connectivity index (χ3n) is 5.18. The van der Waals surface area contributed by atoms with Crippen LogP contribution >= 0.6 is 0 Å². The number of rotatable bonds is 3. The minimum absolute atomic E-state index is 0.00379. The Hall–Kier alpha value is -3.15. The molecule has 28 heavy (non-hydrogen) atoms. The predicted octanol–water partition coefficient (Wildman–Crippen LogP) is 3.34. The van der Waals surface area contributed by atoms with Crippen molar-refractivity contribution in [2.75, 3.05) is 20.2 Å². The molecule has 0 unspecified atom stereocenters. The number of aromatic nitrogens is 3. The number of carbonyl (C=O) groups excluding carboxylic acids is 1. The summed E-state index contributed by atoms with van der Waals surface area (Å²) in [6, 6.07) is 11.8. The van der Waals surface area contributed by atoms with E-state index in [0.717, 1.165) is 46.8 Å². The first-order chi connectivity index (χ1) is 13.5. The molecule has 1 aliphatic heterocycles. The van der Waals surface area contributed by atoms with E-state index in [1.807, 2.05) is 55.1 Å². The highest BCUT2D eigenvalue weighted by Gasteiger charge is 2.24. The van der Waals surface area contributed by atoms with E-state index in [4.69, 9.17) is 4.74 Å². The van der Waals surface area contributed by atoms with Gasteiger partial charge in [-0.3, -0.25) is 9.89 Å². The van der Waals surface area contributed by atoms with E-state index in [0.29, 0.717) is 18.8 Å². The highest BCUT2D eigenvalue weighted by Crippen LogP contribution is 2.28. The van der Waals surface area contributed by atoms with Crippen LogP contribution in [0.5, 0.6) is 5.75 Å². The fourth-order valence-corrected chi connectivity index (χ4v) is 3.79. The molecule has 0 radical (unpaired) electrons. The van der Waals surface area contributed by atoms with Gasteiger partial charge in [0.2, 0.25) is 0 Å². The molecular weight excluding hydrogens is 352 g/mol. The Morgan fingerprint density at radius 2 is 1.86 bits per heavy atom. The van der Waals surface area contributed by atoms with Gasteiger partial charge in [0.1, 0.15) is 11.4 Å². The van der Waals surface area contributed by atoms with Gasteiger partial charge >= 0.3 is 0 Å². The Kier molecular flexibility index (Phi) is 4.86. The Morgan fingerprint density at radius 3 is 2.57 bits per heavy atom. The summed E-state index contributed by atoms with van der Waals surface area (Å²) in [5.41, 5.74) is 6.75. The van der Waals surface area contributed by atoms with Crippen LogP contribution in [0.3, 0.4) is 0 Å². The number of amides is 1. The second-order valence-electron chi connectivity index (χ2n) is 7.22. The van der Waals surface area contributed by atoms with Gasteiger partial charge in [0, 0.05) is 42.0 Å². The van der Waals surface area contributed by atoms with Crippen molar-refractivity contribution in [1.29, 1.82) is 0 Å². The topological polar surface area (TPSA) is 71.1 Å². The average molecular weight is 376 g/mol. The summed E-state index contributed by atoms with van der Waals surface area (Å²) in [6.45, 7) is 5.23. The average Bonchev–Trinajstić information content (AvgIpc) is 2.98. The van der Waals surface area contributed by atoms with Crippen molar-refractivity contribution in [2.24, 2.45) is 0 Å². The molecule has 0 aliphatic carbocycles. The summed E-state index contributed by atoms with van der Waals surface area (Å²) in [4.78, 5) is 19.3. The van der Waals surface area contributed by atoms with Gasteiger partial charge in [-0.1, -0.05) is 0 Å². The molecule has 3 heterocycles. The highest BCUT2D eigenvalue weighted by molar-refractivity contribution is 5.92. The first-order valence-corrected chi connectivity index (χ1v) is 9.50. The maximum atomic E-state index is 13.0. The van der Waals surface area contributed by atoms with Gasteiger partial charge in [0.15, 0.2) is 0 Å². The molecular formula is C22H24N4O2. The van der Waals surface area contributed by atoms with Crippen molar-refractivity contribution >= 4 is 5.91 Å². The third-order valence-corrected chi connectivity index (χ3v) is 5.18. The van der Waals surface area contributed by atoms with Gasteiger partial charge in [-0.15, -0.1) is 0 Å². The highest BCUT2D eigenvalue weighted by atomic mass is 16.5. The molecule has 1 aromatic carbocycles. The van der Waals surface area contributed by atoms with Crippen LogP contribution in [-0.4, -0.2) is 46.2 Å². The van der Waals surface area contributed by atoms with Crippen LogP contribution in [0.25, 0.3) is 11.3 Å². The van der Waals surface area contributed by atoms with E-state index in [1.165, 1.54) is 5.56 Å². The lowest BCUT2D eigenvalue weighted by molar-refractivity contribution is 0.0756. The number of nitrogens with zero attached hydrogens (tertiary/aromatic N) is 3. The first kappa shape index (κ1) is 18.2. The Morgan fingerprint density at radius 1 is 1.11 bits per heavy atom.